The fraction of sp³-hybridized carbons (Fsp3) is 0.350. The van der Waals surface area contributed by atoms with Crippen molar-refractivity contribution in [2.75, 3.05) is 26.8 Å². The SMILES string of the molecule is COc1ccc(-n2c(CN3CCO[C@H](C)C3)nc3ccccc32)cc1. The van der Waals surface area contributed by atoms with Crippen molar-refractivity contribution in [3.63, 3.8) is 0 Å². The number of aromatic nitrogens is 2. The number of methoxy groups -OCH3 is 1. The Kier molecular flexibility index (Phi) is 4.42. The molecule has 0 N–H and O–H groups in total. The molecule has 2 heterocycles. The fourth-order valence-electron chi connectivity index (χ4n) is 3.44. The van der Waals surface area contributed by atoms with Crippen molar-refractivity contribution < 1.29 is 9.47 Å². The van der Waals surface area contributed by atoms with Crippen LogP contribution >= 0.6 is 0 Å². The summed E-state index contributed by atoms with van der Waals surface area (Å²) in [5.41, 5.74) is 3.25. The highest BCUT2D eigenvalue weighted by Gasteiger charge is 2.20. The molecule has 25 heavy (non-hydrogen) atoms. The molecule has 5 nitrogen and oxygen atoms in total. The maximum absolute atomic E-state index is 5.66. The lowest BCUT2D eigenvalue weighted by molar-refractivity contribution is -0.0220. The molecule has 1 fully saturated rings. The van der Waals surface area contributed by atoms with Gasteiger partial charge in [0.05, 0.1) is 37.4 Å². The molecule has 0 aliphatic carbocycles. The molecule has 0 unspecified atom stereocenters. The molecule has 0 bridgehead atoms. The van der Waals surface area contributed by atoms with Gasteiger partial charge in [0.25, 0.3) is 0 Å². The fourth-order valence-corrected chi connectivity index (χ4v) is 3.44. The molecule has 0 saturated carbocycles. The van der Waals surface area contributed by atoms with Crippen molar-refractivity contribution in [1.82, 2.24) is 14.5 Å². The summed E-state index contributed by atoms with van der Waals surface area (Å²) in [4.78, 5) is 7.31. The zero-order valence-corrected chi connectivity index (χ0v) is 14.7. The van der Waals surface area contributed by atoms with Crippen molar-refractivity contribution >= 4 is 11.0 Å². The highest BCUT2D eigenvalue weighted by Crippen LogP contribution is 2.24. The van der Waals surface area contributed by atoms with Gasteiger partial charge in [-0.25, -0.2) is 4.98 Å². The second-order valence-electron chi connectivity index (χ2n) is 6.47. The summed E-state index contributed by atoms with van der Waals surface area (Å²) >= 11 is 0. The molecule has 3 aromatic rings. The summed E-state index contributed by atoms with van der Waals surface area (Å²) in [6, 6.07) is 16.4. The number of morpholine rings is 1. The number of para-hydroxylation sites is 2. The predicted octanol–water partition coefficient (Wildman–Crippen LogP) is 3.25. The quantitative estimate of drug-likeness (QED) is 0.733. The van der Waals surface area contributed by atoms with Crippen LogP contribution in [0, 0.1) is 0 Å². The van der Waals surface area contributed by atoms with Gasteiger partial charge in [-0.15, -0.1) is 0 Å². The molecule has 1 aliphatic heterocycles. The first kappa shape index (κ1) is 16.1. The van der Waals surface area contributed by atoms with Gasteiger partial charge in [0.15, 0.2) is 0 Å². The van der Waals surface area contributed by atoms with E-state index in [9.17, 15) is 0 Å². The van der Waals surface area contributed by atoms with Gasteiger partial charge in [-0.1, -0.05) is 12.1 Å². The zero-order valence-electron chi connectivity index (χ0n) is 14.7. The first-order valence-corrected chi connectivity index (χ1v) is 8.69. The Morgan fingerprint density at radius 3 is 2.72 bits per heavy atom. The number of imidazole rings is 1. The smallest absolute Gasteiger partial charge is 0.128 e. The number of ether oxygens (including phenoxy) is 2. The minimum Gasteiger partial charge on any atom is -0.497 e. The topological polar surface area (TPSA) is 39.5 Å². The van der Waals surface area contributed by atoms with Crippen LogP contribution in [0.25, 0.3) is 16.7 Å². The first-order chi connectivity index (χ1) is 12.2. The van der Waals surface area contributed by atoms with Gasteiger partial charge < -0.3 is 9.47 Å². The molecular weight excluding hydrogens is 314 g/mol. The minimum atomic E-state index is 0.271. The summed E-state index contributed by atoms with van der Waals surface area (Å²) in [5, 5.41) is 0. The van der Waals surface area contributed by atoms with E-state index in [1.54, 1.807) is 7.11 Å². The van der Waals surface area contributed by atoms with E-state index in [0.29, 0.717) is 0 Å². The summed E-state index contributed by atoms with van der Waals surface area (Å²) in [7, 11) is 1.69. The third-order valence-corrected chi connectivity index (χ3v) is 4.65. The van der Waals surface area contributed by atoms with E-state index in [-0.39, 0.29) is 6.10 Å². The third kappa shape index (κ3) is 3.25. The van der Waals surface area contributed by atoms with Gasteiger partial charge in [-0.2, -0.15) is 0 Å². The van der Waals surface area contributed by atoms with Gasteiger partial charge in [0, 0.05) is 18.8 Å². The number of rotatable bonds is 4. The van der Waals surface area contributed by atoms with E-state index in [0.717, 1.165) is 54.5 Å². The molecule has 5 heteroatoms. The number of fused-ring (bicyclic) bond motifs is 1. The van der Waals surface area contributed by atoms with Gasteiger partial charge >= 0.3 is 0 Å². The van der Waals surface area contributed by atoms with E-state index in [1.807, 2.05) is 18.2 Å². The Morgan fingerprint density at radius 2 is 1.96 bits per heavy atom. The van der Waals surface area contributed by atoms with E-state index < -0.39 is 0 Å². The molecular formula is C20H23N3O2. The van der Waals surface area contributed by atoms with E-state index in [4.69, 9.17) is 14.5 Å². The van der Waals surface area contributed by atoms with Crippen molar-refractivity contribution in [3.8, 4) is 11.4 Å². The minimum absolute atomic E-state index is 0.271. The van der Waals surface area contributed by atoms with Crippen molar-refractivity contribution in [1.29, 1.82) is 0 Å². The Morgan fingerprint density at radius 1 is 1.16 bits per heavy atom. The second-order valence-corrected chi connectivity index (χ2v) is 6.47. The summed E-state index contributed by atoms with van der Waals surface area (Å²) in [5.74, 6) is 1.91. The zero-order chi connectivity index (χ0) is 17.2. The first-order valence-electron chi connectivity index (χ1n) is 8.69. The second kappa shape index (κ2) is 6.86. The summed E-state index contributed by atoms with van der Waals surface area (Å²) in [6.45, 7) is 5.60. The standard InChI is InChI=1S/C20H23N3O2/c1-15-13-22(11-12-25-15)14-20-21-18-5-3-4-6-19(18)23(20)16-7-9-17(24-2)10-8-16/h3-10,15H,11-14H2,1-2H3/t15-/m1/s1. The Bertz CT molecular complexity index is 857. The molecule has 0 amide bonds. The molecule has 130 valence electrons. The number of benzene rings is 2. The molecule has 1 saturated heterocycles. The Balaban J connectivity index is 1.74. The molecule has 2 aromatic carbocycles. The third-order valence-electron chi connectivity index (χ3n) is 4.65. The van der Waals surface area contributed by atoms with Crippen LogP contribution in [0.3, 0.4) is 0 Å². The Labute approximate surface area is 147 Å². The van der Waals surface area contributed by atoms with Crippen LogP contribution in [0.2, 0.25) is 0 Å². The largest absolute Gasteiger partial charge is 0.497 e. The highest BCUT2D eigenvalue weighted by molar-refractivity contribution is 5.78. The molecule has 1 aliphatic rings. The van der Waals surface area contributed by atoms with Gasteiger partial charge in [-0.05, 0) is 43.3 Å². The van der Waals surface area contributed by atoms with Crippen LogP contribution in [0.15, 0.2) is 48.5 Å². The monoisotopic (exact) mass is 337 g/mol. The Hall–Kier alpha value is -2.37. The van der Waals surface area contributed by atoms with Gasteiger partial charge in [0.2, 0.25) is 0 Å². The van der Waals surface area contributed by atoms with Gasteiger partial charge in [0.1, 0.15) is 11.6 Å². The lowest BCUT2D eigenvalue weighted by Crippen LogP contribution is -2.40. The van der Waals surface area contributed by atoms with Gasteiger partial charge in [-0.3, -0.25) is 9.47 Å². The molecule has 0 spiro atoms. The average Bonchev–Trinajstić information content (AvgIpc) is 2.99. The van der Waals surface area contributed by atoms with Crippen LogP contribution in [0.5, 0.6) is 5.75 Å². The van der Waals surface area contributed by atoms with Crippen LogP contribution in [-0.4, -0.2) is 47.4 Å². The van der Waals surface area contributed by atoms with Crippen LogP contribution in [0.1, 0.15) is 12.7 Å². The number of hydrogen-bond donors (Lipinski definition) is 0. The van der Waals surface area contributed by atoms with Crippen LogP contribution in [-0.2, 0) is 11.3 Å². The van der Waals surface area contributed by atoms with E-state index in [1.165, 1.54) is 0 Å². The summed E-state index contributed by atoms with van der Waals surface area (Å²) < 4.78 is 13.2. The van der Waals surface area contributed by atoms with Crippen LogP contribution in [0.4, 0.5) is 0 Å². The average molecular weight is 337 g/mol. The van der Waals surface area contributed by atoms with Crippen molar-refractivity contribution in [2.45, 2.75) is 19.6 Å². The van der Waals surface area contributed by atoms with Crippen molar-refractivity contribution in [2.24, 2.45) is 0 Å². The maximum Gasteiger partial charge on any atom is 0.128 e. The normalized spacial score (nSPS) is 18.6. The van der Waals surface area contributed by atoms with Crippen LogP contribution < -0.4 is 4.74 Å². The van der Waals surface area contributed by atoms with Crippen molar-refractivity contribution in [3.05, 3.63) is 54.4 Å². The molecule has 0 radical (unpaired) electrons. The highest BCUT2D eigenvalue weighted by atomic mass is 16.5. The molecule has 1 aromatic heterocycles. The lowest BCUT2D eigenvalue weighted by Gasteiger charge is -2.30. The lowest BCUT2D eigenvalue weighted by atomic mass is 10.2. The number of nitrogens with zero attached hydrogens (tertiary/aromatic N) is 3. The molecule has 4 rings (SSSR count). The predicted molar refractivity (Wildman–Crippen MR) is 98.3 cm³/mol. The van der Waals surface area contributed by atoms with E-state index in [2.05, 4.69) is 46.7 Å². The van der Waals surface area contributed by atoms with E-state index >= 15 is 0 Å². The number of hydrogen-bond acceptors (Lipinski definition) is 4. The summed E-state index contributed by atoms with van der Waals surface area (Å²) in [6.07, 6.45) is 0.271. The molecule has 1 atom stereocenters. The maximum atomic E-state index is 5.66.